The standard InChI is InChI=1S/C19H36N2O6/c1-13(2)26-15(4)17(23)27-14(3)16(22)19(5,6)25-12-10-8-9-11-21-18(24)20-7/h13-15H,8-12H2,1-7H3,(H2,20,21,24). The number of amides is 2. The predicted octanol–water partition coefficient (Wildman–Crippen LogP) is 2.20. The van der Waals surface area contributed by atoms with Crippen LogP contribution in [0.15, 0.2) is 0 Å². The SMILES string of the molecule is CNC(=O)NCCCCCOC(C)(C)C(=O)C(C)OC(=O)C(C)OC(C)C. The Balaban J connectivity index is 4.19. The highest BCUT2D eigenvalue weighted by molar-refractivity contribution is 5.92. The maximum absolute atomic E-state index is 12.5. The number of unbranched alkanes of at least 4 members (excludes halogenated alkanes) is 2. The molecular formula is C19H36N2O6. The zero-order valence-electron chi connectivity index (χ0n) is 17.7. The summed E-state index contributed by atoms with van der Waals surface area (Å²) in [7, 11) is 1.57. The van der Waals surface area contributed by atoms with Crippen LogP contribution in [0.4, 0.5) is 4.79 Å². The highest BCUT2D eigenvalue weighted by Gasteiger charge is 2.35. The summed E-state index contributed by atoms with van der Waals surface area (Å²) in [5.74, 6) is -0.863. The third-order valence-electron chi connectivity index (χ3n) is 3.86. The normalized spacial score (nSPS) is 13.8. The summed E-state index contributed by atoms with van der Waals surface area (Å²) in [6.45, 7) is 11.1. The van der Waals surface area contributed by atoms with E-state index < -0.39 is 23.8 Å². The maximum atomic E-state index is 12.5. The van der Waals surface area contributed by atoms with Crippen molar-refractivity contribution in [3.8, 4) is 0 Å². The van der Waals surface area contributed by atoms with E-state index in [0.29, 0.717) is 13.2 Å². The summed E-state index contributed by atoms with van der Waals surface area (Å²) in [6, 6.07) is -0.199. The van der Waals surface area contributed by atoms with Gasteiger partial charge in [0, 0.05) is 20.2 Å². The van der Waals surface area contributed by atoms with Crippen LogP contribution in [-0.2, 0) is 23.8 Å². The van der Waals surface area contributed by atoms with Crippen molar-refractivity contribution in [3.63, 3.8) is 0 Å². The maximum Gasteiger partial charge on any atom is 0.335 e. The van der Waals surface area contributed by atoms with Gasteiger partial charge in [-0.05, 0) is 60.8 Å². The number of ketones is 1. The molecule has 0 saturated carbocycles. The largest absolute Gasteiger partial charge is 0.453 e. The van der Waals surface area contributed by atoms with Gasteiger partial charge in [-0.2, -0.15) is 0 Å². The van der Waals surface area contributed by atoms with Crippen molar-refractivity contribution < 1.29 is 28.6 Å². The van der Waals surface area contributed by atoms with Gasteiger partial charge in [0.25, 0.3) is 0 Å². The fourth-order valence-electron chi connectivity index (χ4n) is 2.37. The van der Waals surface area contributed by atoms with Crippen LogP contribution in [0.1, 0.15) is 60.8 Å². The molecule has 8 nitrogen and oxygen atoms in total. The molecule has 2 unspecified atom stereocenters. The summed E-state index contributed by atoms with van der Waals surface area (Å²) < 4.78 is 16.3. The molecule has 0 aliphatic rings. The first-order valence-corrected chi connectivity index (χ1v) is 9.51. The van der Waals surface area contributed by atoms with E-state index in [1.807, 2.05) is 13.8 Å². The Kier molecular flexibility index (Phi) is 11.9. The molecule has 0 aromatic heterocycles. The van der Waals surface area contributed by atoms with E-state index in [4.69, 9.17) is 14.2 Å². The van der Waals surface area contributed by atoms with Crippen LogP contribution in [-0.4, -0.2) is 61.9 Å². The number of esters is 1. The van der Waals surface area contributed by atoms with Crippen molar-refractivity contribution in [2.75, 3.05) is 20.2 Å². The van der Waals surface area contributed by atoms with Gasteiger partial charge in [0.05, 0.1) is 6.10 Å². The Morgan fingerprint density at radius 1 is 0.963 bits per heavy atom. The van der Waals surface area contributed by atoms with Gasteiger partial charge < -0.3 is 24.8 Å². The molecule has 0 heterocycles. The average Bonchev–Trinajstić information content (AvgIpc) is 2.58. The number of urea groups is 1. The molecule has 2 atom stereocenters. The predicted molar refractivity (Wildman–Crippen MR) is 103 cm³/mol. The first-order valence-electron chi connectivity index (χ1n) is 9.51. The van der Waals surface area contributed by atoms with Gasteiger partial charge in [0.2, 0.25) is 5.78 Å². The number of carbonyl (C=O) groups is 3. The zero-order valence-corrected chi connectivity index (χ0v) is 17.7. The van der Waals surface area contributed by atoms with Gasteiger partial charge in [0.1, 0.15) is 5.60 Å². The third kappa shape index (κ3) is 10.9. The molecule has 158 valence electrons. The van der Waals surface area contributed by atoms with Gasteiger partial charge in [-0.25, -0.2) is 9.59 Å². The average molecular weight is 389 g/mol. The summed E-state index contributed by atoms with van der Waals surface area (Å²) in [4.78, 5) is 35.5. The Morgan fingerprint density at radius 3 is 2.15 bits per heavy atom. The lowest BCUT2D eigenvalue weighted by Gasteiger charge is -2.27. The van der Waals surface area contributed by atoms with Crippen LogP contribution in [0.2, 0.25) is 0 Å². The van der Waals surface area contributed by atoms with Crippen LogP contribution >= 0.6 is 0 Å². The van der Waals surface area contributed by atoms with E-state index in [9.17, 15) is 14.4 Å². The van der Waals surface area contributed by atoms with Crippen LogP contribution in [0.5, 0.6) is 0 Å². The van der Waals surface area contributed by atoms with Crippen molar-refractivity contribution in [1.82, 2.24) is 10.6 Å². The molecule has 0 rings (SSSR count). The molecule has 2 N–H and O–H groups in total. The number of hydrogen-bond acceptors (Lipinski definition) is 6. The summed E-state index contributed by atoms with van der Waals surface area (Å²) in [6.07, 6.45) is 0.704. The van der Waals surface area contributed by atoms with Gasteiger partial charge in [-0.3, -0.25) is 4.79 Å². The van der Waals surface area contributed by atoms with E-state index in [1.165, 1.54) is 6.92 Å². The summed E-state index contributed by atoms with van der Waals surface area (Å²) >= 11 is 0. The van der Waals surface area contributed by atoms with Crippen LogP contribution < -0.4 is 10.6 Å². The number of ether oxygens (including phenoxy) is 3. The smallest absolute Gasteiger partial charge is 0.335 e. The van der Waals surface area contributed by atoms with E-state index in [-0.39, 0.29) is 17.9 Å². The molecule has 0 aromatic rings. The summed E-state index contributed by atoms with van der Waals surface area (Å²) in [5, 5.41) is 5.19. The number of hydrogen-bond donors (Lipinski definition) is 2. The summed E-state index contributed by atoms with van der Waals surface area (Å²) in [5.41, 5.74) is -1.05. The molecule has 0 aliphatic carbocycles. The second kappa shape index (κ2) is 12.7. The van der Waals surface area contributed by atoms with E-state index in [2.05, 4.69) is 10.6 Å². The molecule has 8 heteroatoms. The lowest BCUT2D eigenvalue weighted by Crippen LogP contribution is -2.44. The van der Waals surface area contributed by atoms with Gasteiger partial charge in [0.15, 0.2) is 12.2 Å². The van der Waals surface area contributed by atoms with Gasteiger partial charge in [-0.15, -0.1) is 0 Å². The number of nitrogens with one attached hydrogen (secondary N) is 2. The molecule has 0 aliphatic heterocycles. The van der Waals surface area contributed by atoms with Crippen molar-refractivity contribution in [2.45, 2.75) is 84.7 Å². The molecule has 0 radical (unpaired) electrons. The van der Waals surface area contributed by atoms with Crippen molar-refractivity contribution in [1.29, 1.82) is 0 Å². The van der Waals surface area contributed by atoms with E-state index in [1.54, 1.807) is 27.8 Å². The molecule has 2 amide bonds. The highest BCUT2D eigenvalue weighted by atomic mass is 16.6. The van der Waals surface area contributed by atoms with Crippen molar-refractivity contribution in [2.24, 2.45) is 0 Å². The number of rotatable bonds is 13. The Morgan fingerprint density at radius 2 is 1.59 bits per heavy atom. The lowest BCUT2D eigenvalue weighted by molar-refractivity contribution is -0.172. The Hall–Kier alpha value is -1.67. The van der Waals surface area contributed by atoms with Crippen LogP contribution in [0, 0.1) is 0 Å². The minimum Gasteiger partial charge on any atom is -0.453 e. The second-order valence-corrected chi connectivity index (χ2v) is 7.20. The number of carbonyl (C=O) groups excluding carboxylic acids is 3. The van der Waals surface area contributed by atoms with E-state index in [0.717, 1.165) is 19.3 Å². The molecule has 0 saturated heterocycles. The van der Waals surface area contributed by atoms with Crippen LogP contribution in [0.25, 0.3) is 0 Å². The third-order valence-corrected chi connectivity index (χ3v) is 3.86. The van der Waals surface area contributed by atoms with Gasteiger partial charge >= 0.3 is 12.0 Å². The molecular weight excluding hydrogens is 352 g/mol. The van der Waals surface area contributed by atoms with Crippen molar-refractivity contribution in [3.05, 3.63) is 0 Å². The first kappa shape index (κ1) is 25.3. The highest BCUT2D eigenvalue weighted by Crippen LogP contribution is 2.16. The Labute approximate surface area is 162 Å². The molecule has 0 aromatic carbocycles. The molecule has 27 heavy (non-hydrogen) atoms. The second-order valence-electron chi connectivity index (χ2n) is 7.20. The Bertz CT molecular complexity index is 479. The molecule has 0 spiro atoms. The lowest BCUT2D eigenvalue weighted by atomic mass is 9.99. The van der Waals surface area contributed by atoms with Crippen LogP contribution in [0.3, 0.4) is 0 Å². The van der Waals surface area contributed by atoms with Gasteiger partial charge in [-0.1, -0.05) is 0 Å². The monoisotopic (exact) mass is 388 g/mol. The topological polar surface area (TPSA) is 103 Å². The fraction of sp³-hybridized carbons (Fsp3) is 0.842. The molecule has 0 bridgehead atoms. The quantitative estimate of drug-likeness (QED) is 0.370. The number of Topliss-reactive ketones (excluding diaryl/α,β-unsaturated/α-hetero) is 1. The molecule has 0 fully saturated rings. The fourth-order valence-corrected chi connectivity index (χ4v) is 2.37. The zero-order chi connectivity index (χ0) is 21.0. The first-order chi connectivity index (χ1) is 12.5. The minimum atomic E-state index is -1.05. The minimum absolute atomic E-state index is 0.107. The van der Waals surface area contributed by atoms with E-state index >= 15 is 0 Å². The van der Waals surface area contributed by atoms with Crippen molar-refractivity contribution >= 4 is 17.8 Å².